The molecule has 2 aromatic rings. The summed E-state index contributed by atoms with van der Waals surface area (Å²) in [6, 6.07) is 4.08. The summed E-state index contributed by atoms with van der Waals surface area (Å²) < 4.78 is 28.8. The lowest BCUT2D eigenvalue weighted by Crippen LogP contribution is -2.19. The van der Waals surface area contributed by atoms with E-state index in [0.29, 0.717) is 15.9 Å². The van der Waals surface area contributed by atoms with Gasteiger partial charge >= 0.3 is 0 Å². The van der Waals surface area contributed by atoms with Crippen LogP contribution < -0.4 is 4.72 Å². The molecule has 4 nitrogen and oxygen atoms in total. The number of rotatable bonds is 6. The van der Waals surface area contributed by atoms with Crippen molar-refractivity contribution in [2.75, 3.05) is 4.72 Å². The second kappa shape index (κ2) is 7.23. The molecule has 0 aliphatic rings. The van der Waals surface area contributed by atoms with Crippen LogP contribution in [0.1, 0.15) is 76.0 Å². The molecule has 0 unspecified atom stereocenters. The number of hydrogen-bond acceptors (Lipinski definition) is 4. The number of nitrogens with one attached hydrogen (secondary N) is 1. The van der Waals surface area contributed by atoms with Crippen molar-refractivity contribution in [3.8, 4) is 0 Å². The number of sulfonamides is 1. The van der Waals surface area contributed by atoms with E-state index in [9.17, 15) is 8.42 Å². The molecule has 6 heteroatoms. The Kier molecular flexibility index (Phi) is 5.71. The Morgan fingerprint density at radius 3 is 1.88 bits per heavy atom. The van der Waals surface area contributed by atoms with Gasteiger partial charge in [-0.15, -0.1) is 11.3 Å². The van der Waals surface area contributed by atoms with Gasteiger partial charge in [0.2, 0.25) is 0 Å². The van der Waals surface area contributed by atoms with Gasteiger partial charge in [0, 0.05) is 11.6 Å². The van der Waals surface area contributed by atoms with Crippen LogP contribution in [0.15, 0.2) is 28.6 Å². The fourth-order valence-corrected chi connectivity index (χ4v) is 5.13. The van der Waals surface area contributed by atoms with E-state index in [1.165, 1.54) is 16.9 Å². The van der Waals surface area contributed by atoms with Crippen molar-refractivity contribution >= 4 is 26.5 Å². The van der Waals surface area contributed by atoms with Crippen LogP contribution in [0.3, 0.4) is 0 Å². The van der Waals surface area contributed by atoms with Crippen LogP contribution in [0.5, 0.6) is 0 Å². The molecule has 1 aromatic heterocycles. The minimum absolute atomic E-state index is 0.115. The van der Waals surface area contributed by atoms with Gasteiger partial charge in [0.15, 0.2) is 5.13 Å². The maximum Gasteiger partial charge on any atom is 0.264 e. The van der Waals surface area contributed by atoms with Crippen molar-refractivity contribution in [1.29, 1.82) is 0 Å². The number of benzene rings is 1. The van der Waals surface area contributed by atoms with Gasteiger partial charge < -0.3 is 0 Å². The predicted octanol–water partition coefficient (Wildman–Crippen LogP) is 5.31. The van der Waals surface area contributed by atoms with Gasteiger partial charge in [-0.3, -0.25) is 4.72 Å². The molecule has 0 aliphatic heterocycles. The van der Waals surface area contributed by atoms with E-state index in [4.69, 9.17) is 0 Å². The number of thiazole rings is 1. The predicted molar refractivity (Wildman–Crippen MR) is 102 cm³/mol. The molecule has 0 atom stereocenters. The summed E-state index contributed by atoms with van der Waals surface area (Å²) in [5.74, 6) is 0.580. The molecule has 0 radical (unpaired) electrons. The molecule has 1 N–H and O–H groups in total. The largest absolute Gasteiger partial charge is 0.264 e. The smallest absolute Gasteiger partial charge is 0.255 e. The van der Waals surface area contributed by atoms with Crippen LogP contribution in [-0.2, 0) is 10.0 Å². The SMILES string of the molecule is CC(C)c1cc(C(C)C)c(S(=O)(=O)Nc2nccs2)c(C(C)C)c1. The van der Waals surface area contributed by atoms with Crippen molar-refractivity contribution in [2.45, 2.75) is 64.2 Å². The van der Waals surface area contributed by atoms with Crippen LogP contribution in [0.2, 0.25) is 0 Å². The van der Waals surface area contributed by atoms with Gasteiger partial charge in [-0.2, -0.15) is 0 Å². The molecule has 132 valence electrons. The van der Waals surface area contributed by atoms with E-state index >= 15 is 0 Å². The summed E-state index contributed by atoms with van der Waals surface area (Å²) >= 11 is 1.28. The van der Waals surface area contributed by atoms with Crippen LogP contribution in [0.4, 0.5) is 5.13 Å². The maximum absolute atomic E-state index is 13.1. The van der Waals surface area contributed by atoms with Crippen molar-refractivity contribution in [1.82, 2.24) is 4.98 Å². The molecule has 0 spiro atoms. The van der Waals surface area contributed by atoms with Crippen molar-refractivity contribution in [3.05, 3.63) is 40.4 Å². The highest BCUT2D eigenvalue weighted by molar-refractivity contribution is 7.93. The van der Waals surface area contributed by atoms with E-state index < -0.39 is 10.0 Å². The Morgan fingerprint density at radius 1 is 0.958 bits per heavy atom. The van der Waals surface area contributed by atoms with E-state index in [1.807, 2.05) is 39.8 Å². The number of anilines is 1. The summed E-state index contributed by atoms with van der Waals surface area (Å²) in [7, 11) is -3.68. The standard InChI is InChI=1S/C18H26N2O2S2/c1-11(2)14-9-15(12(3)4)17(16(10-14)13(5)6)24(21,22)20-18-19-7-8-23-18/h7-13H,1-6H3,(H,19,20). The van der Waals surface area contributed by atoms with Gasteiger partial charge in [0.05, 0.1) is 4.90 Å². The third-order valence-corrected chi connectivity index (χ3v) is 6.29. The molecule has 1 aromatic carbocycles. The minimum Gasteiger partial charge on any atom is -0.255 e. The van der Waals surface area contributed by atoms with Gasteiger partial charge in [-0.1, -0.05) is 53.7 Å². The molecule has 24 heavy (non-hydrogen) atoms. The van der Waals surface area contributed by atoms with Crippen LogP contribution in [0, 0.1) is 0 Å². The Morgan fingerprint density at radius 2 is 1.50 bits per heavy atom. The zero-order valence-electron chi connectivity index (χ0n) is 15.1. The van der Waals surface area contributed by atoms with E-state index in [0.717, 1.165) is 11.1 Å². The fourth-order valence-electron chi connectivity index (χ4n) is 2.64. The summed E-state index contributed by atoms with van der Waals surface area (Å²) in [4.78, 5) is 4.46. The molecule has 0 saturated carbocycles. The third-order valence-electron chi connectivity index (χ3n) is 4.00. The third kappa shape index (κ3) is 3.98. The van der Waals surface area contributed by atoms with Gasteiger partial charge in [0.1, 0.15) is 0 Å². The molecule has 0 aliphatic carbocycles. The zero-order chi connectivity index (χ0) is 18.1. The lowest BCUT2D eigenvalue weighted by atomic mass is 9.89. The molecule has 1 heterocycles. The van der Waals surface area contributed by atoms with Crippen LogP contribution >= 0.6 is 11.3 Å². The Labute approximate surface area is 149 Å². The molecule has 0 fully saturated rings. The number of nitrogens with zero attached hydrogens (tertiary/aromatic N) is 1. The number of aromatic nitrogens is 1. The van der Waals surface area contributed by atoms with E-state index in [1.54, 1.807) is 11.6 Å². The normalized spacial score (nSPS) is 12.4. The van der Waals surface area contributed by atoms with E-state index in [2.05, 4.69) is 23.6 Å². The minimum atomic E-state index is -3.68. The van der Waals surface area contributed by atoms with Crippen LogP contribution in [0.25, 0.3) is 0 Å². The first kappa shape index (κ1) is 18.9. The lowest BCUT2D eigenvalue weighted by molar-refractivity contribution is 0.595. The molecular weight excluding hydrogens is 340 g/mol. The van der Waals surface area contributed by atoms with Crippen molar-refractivity contribution in [2.24, 2.45) is 0 Å². The van der Waals surface area contributed by atoms with E-state index in [-0.39, 0.29) is 11.8 Å². The average Bonchev–Trinajstić information content (AvgIpc) is 2.97. The molecular formula is C18H26N2O2S2. The lowest BCUT2D eigenvalue weighted by Gasteiger charge is -2.22. The second-order valence-corrected chi connectivity index (χ2v) is 9.45. The van der Waals surface area contributed by atoms with Gasteiger partial charge in [0.25, 0.3) is 10.0 Å². The quantitative estimate of drug-likeness (QED) is 0.753. The molecule has 0 bridgehead atoms. The first-order valence-electron chi connectivity index (χ1n) is 8.23. The topological polar surface area (TPSA) is 59.1 Å². The molecule has 0 saturated heterocycles. The first-order chi connectivity index (χ1) is 11.1. The molecule has 2 rings (SSSR count). The summed E-state index contributed by atoms with van der Waals surface area (Å²) in [6.07, 6.45) is 1.59. The van der Waals surface area contributed by atoms with Crippen LogP contribution in [-0.4, -0.2) is 13.4 Å². The first-order valence-corrected chi connectivity index (χ1v) is 10.6. The van der Waals surface area contributed by atoms with Gasteiger partial charge in [-0.25, -0.2) is 13.4 Å². The summed E-state index contributed by atoms with van der Waals surface area (Å²) in [5, 5.41) is 2.15. The monoisotopic (exact) mass is 366 g/mol. The summed E-state index contributed by atoms with van der Waals surface area (Å²) in [5.41, 5.74) is 2.92. The Bertz CT molecular complexity index is 763. The van der Waals surface area contributed by atoms with Crippen molar-refractivity contribution < 1.29 is 8.42 Å². The average molecular weight is 367 g/mol. The highest BCUT2D eigenvalue weighted by atomic mass is 32.2. The Balaban J connectivity index is 2.70. The van der Waals surface area contributed by atoms with Gasteiger partial charge in [-0.05, 0) is 34.4 Å². The number of hydrogen-bond donors (Lipinski definition) is 1. The molecule has 0 amide bonds. The fraction of sp³-hybridized carbons (Fsp3) is 0.500. The maximum atomic E-state index is 13.1. The Hall–Kier alpha value is -1.40. The highest BCUT2D eigenvalue weighted by Gasteiger charge is 2.27. The van der Waals surface area contributed by atoms with Crippen molar-refractivity contribution in [3.63, 3.8) is 0 Å². The highest BCUT2D eigenvalue weighted by Crippen LogP contribution is 2.36. The summed E-state index contributed by atoms with van der Waals surface area (Å²) in [6.45, 7) is 12.4. The zero-order valence-corrected chi connectivity index (χ0v) is 16.8. The second-order valence-electron chi connectivity index (χ2n) is 6.94.